The fourth-order valence-electron chi connectivity index (χ4n) is 3.55. The summed E-state index contributed by atoms with van der Waals surface area (Å²) in [6.07, 6.45) is 2.36. The van der Waals surface area contributed by atoms with Gasteiger partial charge in [0.05, 0.1) is 11.4 Å². The van der Waals surface area contributed by atoms with Crippen LogP contribution in [0.4, 0.5) is 22.7 Å². The highest BCUT2D eigenvalue weighted by Crippen LogP contribution is 2.46. The van der Waals surface area contributed by atoms with E-state index in [1.54, 1.807) is 0 Å². The smallest absolute Gasteiger partial charge is 0.0527 e. The number of benzene rings is 2. The summed E-state index contributed by atoms with van der Waals surface area (Å²) in [6.45, 7) is 13.2. The number of fused-ring (bicyclic) bond motifs is 2. The van der Waals surface area contributed by atoms with Gasteiger partial charge in [-0.25, -0.2) is 0 Å². The molecule has 1 N–H and O–H groups in total. The number of nitrogens with zero attached hydrogens (tertiary/aromatic N) is 2. The number of hydrogen-bond acceptors (Lipinski definition) is 4. The second-order valence-corrected chi connectivity index (χ2v) is 7.83. The van der Waals surface area contributed by atoms with Gasteiger partial charge in [-0.2, -0.15) is 0 Å². The van der Waals surface area contributed by atoms with Gasteiger partial charge < -0.3 is 15.1 Å². The van der Waals surface area contributed by atoms with Crippen LogP contribution in [0.2, 0.25) is 0 Å². The molecule has 0 aromatic heterocycles. The average molecular weight is 370 g/mol. The van der Waals surface area contributed by atoms with E-state index in [0.29, 0.717) is 0 Å². The Morgan fingerprint density at radius 1 is 0.731 bits per heavy atom. The SMILES string of the molecule is CCCN(CCC)c1ccc2c(c1)Sc1cc(N(CC)CC)ccc1N2. The molecule has 140 valence electrons. The highest BCUT2D eigenvalue weighted by atomic mass is 32.2. The topological polar surface area (TPSA) is 18.5 Å². The molecule has 2 aromatic rings. The molecule has 0 amide bonds. The van der Waals surface area contributed by atoms with E-state index in [1.165, 1.54) is 45.4 Å². The van der Waals surface area contributed by atoms with Crippen molar-refractivity contribution in [1.82, 2.24) is 0 Å². The highest BCUT2D eigenvalue weighted by Gasteiger charge is 2.18. The van der Waals surface area contributed by atoms with Gasteiger partial charge in [0.2, 0.25) is 0 Å². The first kappa shape index (κ1) is 19.0. The summed E-state index contributed by atoms with van der Waals surface area (Å²) in [4.78, 5) is 7.54. The van der Waals surface area contributed by atoms with Crippen LogP contribution in [0.25, 0.3) is 0 Å². The molecule has 4 heteroatoms. The summed E-state index contributed by atoms with van der Waals surface area (Å²) in [6, 6.07) is 13.6. The van der Waals surface area contributed by atoms with Crippen LogP contribution in [-0.4, -0.2) is 26.2 Å². The van der Waals surface area contributed by atoms with Crippen LogP contribution in [0.1, 0.15) is 40.5 Å². The Morgan fingerprint density at radius 2 is 1.23 bits per heavy atom. The second-order valence-electron chi connectivity index (χ2n) is 6.75. The third-order valence-corrected chi connectivity index (χ3v) is 6.02. The Hall–Kier alpha value is -1.81. The predicted octanol–water partition coefficient (Wildman–Crippen LogP) is 6.37. The lowest BCUT2D eigenvalue weighted by atomic mass is 10.2. The van der Waals surface area contributed by atoms with Gasteiger partial charge in [-0.1, -0.05) is 25.6 Å². The Kier molecular flexibility index (Phi) is 6.36. The first-order valence-corrected chi connectivity index (χ1v) is 10.7. The van der Waals surface area contributed by atoms with Gasteiger partial charge in [-0.05, 0) is 63.1 Å². The first-order valence-electron chi connectivity index (χ1n) is 9.92. The Bertz CT molecular complexity index is 734. The van der Waals surface area contributed by atoms with Crippen molar-refractivity contribution >= 4 is 34.5 Å². The van der Waals surface area contributed by atoms with E-state index in [9.17, 15) is 0 Å². The summed E-state index contributed by atoms with van der Waals surface area (Å²) < 4.78 is 0. The molecule has 1 aliphatic rings. The minimum absolute atomic E-state index is 1.04. The maximum atomic E-state index is 3.61. The van der Waals surface area contributed by atoms with Crippen molar-refractivity contribution in [2.75, 3.05) is 41.3 Å². The molecule has 0 radical (unpaired) electrons. The lowest BCUT2D eigenvalue weighted by Crippen LogP contribution is -2.24. The van der Waals surface area contributed by atoms with Crippen molar-refractivity contribution in [3.05, 3.63) is 36.4 Å². The van der Waals surface area contributed by atoms with Crippen molar-refractivity contribution in [3.63, 3.8) is 0 Å². The van der Waals surface area contributed by atoms with Crippen LogP contribution in [-0.2, 0) is 0 Å². The zero-order chi connectivity index (χ0) is 18.5. The quantitative estimate of drug-likeness (QED) is 0.497. The Morgan fingerprint density at radius 3 is 1.69 bits per heavy atom. The molecular weight excluding hydrogens is 338 g/mol. The Balaban J connectivity index is 1.88. The third kappa shape index (κ3) is 3.96. The molecule has 26 heavy (non-hydrogen) atoms. The van der Waals surface area contributed by atoms with Crippen molar-refractivity contribution in [1.29, 1.82) is 0 Å². The Labute approximate surface area is 162 Å². The molecule has 0 saturated carbocycles. The van der Waals surface area contributed by atoms with Crippen LogP contribution < -0.4 is 15.1 Å². The van der Waals surface area contributed by atoms with Crippen molar-refractivity contribution in [2.24, 2.45) is 0 Å². The molecule has 0 bridgehead atoms. The first-order chi connectivity index (χ1) is 12.7. The fourth-order valence-corrected chi connectivity index (χ4v) is 4.61. The second kappa shape index (κ2) is 8.72. The van der Waals surface area contributed by atoms with Gasteiger partial charge in [0.1, 0.15) is 0 Å². The lowest BCUT2D eigenvalue weighted by molar-refractivity contribution is 0.744. The van der Waals surface area contributed by atoms with Crippen molar-refractivity contribution < 1.29 is 0 Å². The lowest BCUT2D eigenvalue weighted by Gasteiger charge is -2.28. The van der Waals surface area contributed by atoms with Gasteiger partial charge >= 0.3 is 0 Å². The van der Waals surface area contributed by atoms with Gasteiger partial charge in [0, 0.05) is 47.3 Å². The van der Waals surface area contributed by atoms with Crippen LogP contribution >= 0.6 is 11.8 Å². The van der Waals surface area contributed by atoms with E-state index < -0.39 is 0 Å². The summed E-state index contributed by atoms with van der Waals surface area (Å²) in [7, 11) is 0. The maximum absolute atomic E-state index is 3.61. The summed E-state index contributed by atoms with van der Waals surface area (Å²) >= 11 is 1.89. The number of anilines is 4. The molecule has 0 fully saturated rings. The molecule has 0 atom stereocenters. The average Bonchev–Trinajstić information content (AvgIpc) is 2.66. The van der Waals surface area contributed by atoms with Crippen LogP contribution in [0.3, 0.4) is 0 Å². The van der Waals surface area contributed by atoms with Gasteiger partial charge in [0.25, 0.3) is 0 Å². The molecule has 0 spiro atoms. The van der Waals surface area contributed by atoms with E-state index in [0.717, 1.165) is 26.2 Å². The van der Waals surface area contributed by atoms with Gasteiger partial charge in [-0.3, -0.25) is 0 Å². The maximum Gasteiger partial charge on any atom is 0.0527 e. The molecule has 3 nitrogen and oxygen atoms in total. The third-order valence-electron chi connectivity index (χ3n) is 4.90. The van der Waals surface area contributed by atoms with E-state index in [4.69, 9.17) is 0 Å². The molecule has 0 unspecified atom stereocenters. The zero-order valence-electron chi connectivity index (χ0n) is 16.5. The summed E-state index contributed by atoms with van der Waals surface area (Å²) in [5, 5.41) is 3.61. The summed E-state index contributed by atoms with van der Waals surface area (Å²) in [5.41, 5.74) is 5.08. The van der Waals surface area contributed by atoms with Crippen LogP contribution in [0.15, 0.2) is 46.2 Å². The molecule has 0 saturated heterocycles. The monoisotopic (exact) mass is 369 g/mol. The molecule has 1 heterocycles. The number of nitrogens with one attached hydrogen (secondary N) is 1. The molecule has 0 aliphatic carbocycles. The van der Waals surface area contributed by atoms with Crippen molar-refractivity contribution in [3.8, 4) is 0 Å². The van der Waals surface area contributed by atoms with Crippen molar-refractivity contribution in [2.45, 2.75) is 50.3 Å². The standard InChI is InChI=1S/C22H31N3S/c1-5-13-25(14-6-2)18-10-12-20-22(16-18)26-21-15-17(24(7-3)8-4)9-11-19(21)23-20/h9-12,15-16,23H,5-8,13-14H2,1-4H3. The minimum Gasteiger partial charge on any atom is -0.372 e. The largest absolute Gasteiger partial charge is 0.372 e. The van der Waals surface area contributed by atoms with Crippen LogP contribution in [0, 0.1) is 0 Å². The van der Waals surface area contributed by atoms with E-state index in [-0.39, 0.29) is 0 Å². The predicted molar refractivity (Wildman–Crippen MR) is 117 cm³/mol. The normalized spacial score (nSPS) is 12.2. The highest BCUT2D eigenvalue weighted by molar-refractivity contribution is 7.99. The molecule has 2 aromatic carbocycles. The fraction of sp³-hybridized carbons (Fsp3) is 0.455. The van der Waals surface area contributed by atoms with E-state index in [1.807, 2.05) is 11.8 Å². The van der Waals surface area contributed by atoms with Gasteiger partial charge in [-0.15, -0.1) is 0 Å². The molecule has 3 rings (SSSR count). The van der Waals surface area contributed by atoms with Crippen LogP contribution in [0.5, 0.6) is 0 Å². The summed E-state index contributed by atoms with van der Waals surface area (Å²) in [5.74, 6) is 0. The number of hydrogen-bond donors (Lipinski definition) is 1. The minimum atomic E-state index is 1.04. The van der Waals surface area contributed by atoms with Gasteiger partial charge in [0.15, 0.2) is 0 Å². The van der Waals surface area contributed by atoms with E-state index >= 15 is 0 Å². The zero-order valence-corrected chi connectivity index (χ0v) is 17.3. The van der Waals surface area contributed by atoms with E-state index in [2.05, 4.69) is 79.2 Å². The molecule has 1 aliphatic heterocycles. The molecular formula is C22H31N3S. The number of rotatable bonds is 8.